The van der Waals surface area contributed by atoms with Gasteiger partial charge >= 0.3 is 0 Å². The maximum atomic E-state index is 12.9. The highest BCUT2D eigenvalue weighted by Crippen LogP contribution is 2.17. The summed E-state index contributed by atoms with van der Waals surface area (Å²) in [6.45, 7) is 5.48. The number of likely N-dealkylation sites (tertiary alicyclic amines) is 1. The molecule has 1 aliphatic rings. The first-order chi connectivity index (χ1) is 11.5. The van der Waals surface area contributed by atoms with Crippen molar-refractivity contribution in [2.45, 2.75) is 52.0 Å². The van der Waals surface area contributed by atoms with Crippen molar-refractivity contribution < 1.29 is 9.59 Å². The molecule has 1 aromatic carbocycles. The normalized spacial score (nSPS) is 17.1. The number of carbonyl (C=O) groups excluding carboxylic acids is 2. The summed E-state index contributed by atoms with van der Waals surface area (Å²) in [6, 6.07) is 6.39. The number of nitrogens with zero attached hydrogens (tertiary/aromatic N) is 1. The van der Waals surface area contributed by atoms with E-state index < -0.39 is 6.04 Å². The van der Waals surface area contributed by atoms with Gasteiger partial charge in [-0.25, -0.2) is 0 Å². The summed E-state index contributed by atoms with van der Waals surface area (Å²) in [5, 5.41) is 3.29. The van der Waals surface area contributed by atoms with Crippen LogP contribution in [-0.4, -0.2) is 35.8 Å². The maximum absolute atomic E-state index is 12.9. The second-order valence-corrected chi connectivity index (χ2v) is 7.18. The van der Waals surface area contributed by atoms with Crippen molar-refractivity contribution in [3.63, 3.8) is 0 Å². The van der Waals surface area contributed by atoms with Gasteiger partial charge in [-0.15, -0.1) is 0 Å². The SMILES string of the molecule is CC(C)C(NC(=O)c1ccccc1Cl)C(=O)N1CCCCCCC1. The van der Waals surface area contributed by atoms with Gasteiger partial charge in [0, 0.05) is 13.1 Å². The molecule has 1 atom stereocenters. The lowest BCUT2D eigenvalue weighted by Crippen LogP contribution is -2.51. The zero-order valence-corrected chi connectivity index (χ0v) is 15.3. The van der Waals surface area contributed by atoms with Crippen molar-refractivity contribution >= 4 is 23.4 Å². The lowest BCUT2D eigenvalue weighted by molar-refractivity contribution is -0.134. The lowest BCUT2D eigenvalue weighted by atomic mass is 10.0. The summed E-state index contributed by atoms with van der Waals surface area (Å²) in [5.41, 5.74) is 0.408. The van der Waals surface area contributed by atoms with Gasteiger partial charge in [-0.05, 0) is 30.9 Å². The van der Waals surface area contributed by atoms with Gasteiger partial charge in [-0.2, -0.15) is 0 Å². The molecule has 1 aliphatic heterocycles. The zero-order valence-electron chi connectivity index (χ0n) is 14.6. The largest absolute Gasteiger partial charge is 0.341 e. The third-order valence-electron chi connectivity index (χ3n) is 4.51. The van der Waals surface area contributed by atoms with Gasteiger partial charge in [0.25, 0.3) is 5.91 Å². The zero-order chi connectivity index (χ0) is 17.5. The van der Waals surface area contributed by atoms with E-state index in [9.17, 15) is 9.59 Å². The molecule has 1 N–H and O–H groups in total. The van der Waals surface area contributed by atoms with Crippen LogP contribution in [0.2, 0.25) is 5.02 Å². The van der Waals surface area contributed by atoms with Crippen LogP contribution in [0, 0.1) is 5.92 Å². The molecule has 0 aliphatic carbocycles. The fourth-order valence-corrected chi connectivity index (χ4v) is 3.26. The Morgan fingerprint density at radius 3 is 2.21 bits per heavy atom. The van der Waals surface area contributed by atoms with Crippen LogP contribution in [0.25, 0.3) is 0 Å². The summed E-state index contributed by atoms with van der Waals surface area (Å²) < 4.78 is 0. The van der Waals surface area contributed by atoms with Crippen LogP contribution >= 0.6 is 11.6 Å². The summed E-state index contributed by atoms with van der Waals surface area (Å²) >= 11 is 6.09. The molecule has 0 saturated carbocycles. The molecule has 24 heavy (non-hydrogen) atoms. The molecule has 2 amide bonds. The van der Waals surface area contributed by atoms with Crippen LogP contribution in [0.3, 0.4) is 0 Å². The minimum atomic E-state index is -0.520. The Bertz CT molecular complexity index is 566. The highest BCUT2D eigenvalue weighted by molar-refractivity contribution is 6.33. The third kappa shape index (κ3) is 4.97. The number of carbonyl (C=O) groups is 2. The smallest absolute Gasteiger partial charge is 0.253 e. The Labute approximate surface area is 149 Å². The second kappa shape index (κ2) is 9.07. The minimum absolute atomic E-state index is 0.0207. The highest BCUT2D eigenvalue weighted by atomic mass is 35.5. The summed E-state index contributed by atoms with van der Waals surface area (Å²) in [6.07, 6.45) is 5.66. The van der Waals surface area contributed by atoms with E-state index in [0.717, 1.165) is 25.9 Å². The topological polar surface area (TPSA) is 49.4 Å². The van der Waals surface area contributed by atoms with Crippen molar-refractivity contribution in [3.05, 3.63) is 34.9 Å². The standard InChI is InChI=1S/C19H27ClN2O2/c1-14(2)17(19(24)22-12-8-4-3-5-9-13-22)21-18(23)15-10-6-7-11-16(15)20/h6-7,10-11,14,17H,3-5,8-9,12-13H2,1-2H3,(H,21,23). The average Bonchev–Trinajstić information content (AvgIpc) is 2.51. The van der Waals surface area contributed by atoms with E-state index in [1.165, 1.54) is 19.3 Å². The van der Waals surface area contributed by atoms with Crippen LogP contribution < -0.4 is 5.32 Å². The van der Waals surface area contributed by atoms with E-state index in [2.05, 4.69) is 5.32 Å². The van der Waals surface area contributed by atoms with Crippen molar-refractivity contribution in [2.75, 3.05) is 13.1 Å². The number of hydrogen-bond donors (Lipinski definition) is 1. The van der Waals surface area contributed by atoms with Gasteiger partial charge in [0.05, 0.1) is 10.6 Å². The van der Waals surface area contributed by atoms with Crippen LogP contribution in [-0.2, 0) is 4.79 Å². The monoisotopic (exact) mass is 350 g/mol. The van der Waals surface area contributed by atoms with E-state index in [-0.39, 0.29) is 17.7 Å². The van der Waals surface area contributed by atoms with Crippen molar-refractivity contribution in [1.29, 1.82) is 0 Å². The molecular formula is C19H27ClN2O2. The predicted octanol–water partition coefficient (Wildman–Crippen LogP) is 3.89. The molecule has 0 radical (unpaired) electrons. The van der Waals surface area contributed by atoms with E-state index in [4.69, 9.17) is 11.6 Å². The second-order valence-electron chi connectivity index (χ2n) is 6.77. The Kier molecular flexibility index (Phi) is 7.10. The van der Waals surface area contributed by atoms with Gasteiger partial charge < -0.3 is 10.2 Å². The molecule has 132 valence electrons. The fraction of sp³-hybridized carbons (Fsp3) is 0.579. The predicted molar refractivity (Wildman–Crippen MR) is 97.2 cm³/mol. The number of rotatable bonds is 4. The fourth-order valence-electron chi connectivity index (χ4n) is 3.04. The molecule has 1 saturated heterocycles. The summed E-state index contributed by atoms with van der Waals surface area (Å²) in [5.74, 6) is -0.249. The summed E-state index contributed by atoms with van der Waals surface area (Å²) in [4.78, 5) is 27.4. The number of amides is 2. The Morgan fingerprint density at radius 2 is 1.62 bits per heavy atom. The Morgan fingerprint density at radius 1 is 1.04 bits per heavy atom. The minimum Gasteiger partial charge on any atom is -0.341 e. The van der Waals surface area contributed by atoms with Crippen molar-refractivity contribution in [2.24, 2.45) is 5.92 Å². The van der Waals surface area contributed by atoms with Crippen LogP contribution in [0.4, 0.5) is 0 Å². The van der Waals surface area contributed by atoms with Crippen molar-refractivity contribution in [3.8, 4) is 0 Å². The first kappa shape index (κ1) is 18.8. The van der Waals surface area contributed by atoms with Gasteiger partial charge in [0.1, 0.15) is 6.04 Å². The molecule has 4 nitrogen and oxygen atoms in total. The van der Waals surface area contributed by atoms with Crippen LogP contribution in [0.1, 0.15) is 56.3 Å². The molecule has 2 rings (SSSR count). The van der Waals surface area contributed by atoms with Gasteiger partial charge in [-0.1, -0.05) is 56.8 Å². The summed E-state index contributed by atoms with van der Waals surface area (Å²) in [7, 11) is 0. The highest BCUT2D eigenvalue weighted by Gasteiger charge is 2.29. The molecule has 1 heterocycles. The number of nitrogens with one attached hydrogen (secondary N) is 1. The molecule has 1 aromatic rings. The molecule has 1 unspecified atom stereocenters. The van der Waals surface area contributed by atoms with Crippen LogP contribution in [0.5, 0.6) is 0 Å². The number of hydrogen-bond acceptors (Lipinski definition) is 2. The van der Waals surface area contributed by atoms with Gasteiger partial charge in [0.2, 0.25) is 5.91 Å². The maximum Gasteiger partial charge on any atom is 0.253 e. The first-order valence-corrected chi connectivity index (χ1v) is 9.22. The van der Waals surface area contributed by atoms with Gasteiger partial charge in [0.15, 0.2) is 0 Å². The lowest BCUT2D eigenvalue weighted by Gasteiger charge is -2.31. The Balaban J connectivity index is 2.09. The third-order valence-corrected chi connectivity index (χ3v) is 4.84. The van der Waals surface area contributed by atoms with E-state index in [1.54, 1.807) is 24.3 Å². The molecule has 1 fully saturated rings. The van der Waals surface area contributed by atoms with Crippen LogP contribution in [0.15, 0.2) is 24.3 Å². The average molecular weight is 351 g/mol. The van der Waals surface area contributed by atoms with Gasteiger partial charge in [-0.3, -0.25) is 9.59 Å². The molecule has 0 aromatic heterocycles. The van der Waals surface area contributed by atoms with E-state index >= 15 is 0 Å². The molecular weight excluding hydrogens is 324 g/mol. The number of benzene rings is 1. The van der Waals surface area contributed by atoms with E-state index in [0.29, 0.717) is 10.6 Å². The number of halogens is 1. The molecule has 5 heteroatoms. The molecule has 0 spiro atoms. The quantitative estimate of drug-likeness (QED) is 0.895. The van der Waals surface area contributed by atoms with Crippen molar-refractivity contribution in [1.82, 2.24) is 10.2 Å². The molecule has 0 bridgehead atoms. The van der Waals surface area contributed by atoms with E-state index in [1.807, 2.05) is 18.7 Å². The Hall–Kier alpha value is -1.55. The first-order valence-electron chi connectivity index (χ1n) is 8.85.